The summed E-state index contributed by atoms with van der Waals surface area (Å²) in [5.74, 6) is 0.251. The SMILES string of the molecule is CC(C)CN1C(=O)c2cccn2CC1C(=O)NCCN1CCCCC1. The van der Waals surface area contributed by atoms with Crippen LogP contribution in [0.5, 0.6) is 0 Å². The zero-order chi connectivity index (χ0) is 17.8. The normalized spacial score (nSPS) is 21.5. The highest BCUT2D eigenvalue weighted by atomic mass is 16.2. The molecular formula is C19H30N4O2. The van der Waals surface area contributed by atoms with Crippen LogP contribution in [-0.4, -0.2) is 64.9 Å². The minimum Gasteiger partial charge on any atom is -0.353 e. The number of nitrogens with one attached hydrogen (secondary N) is 1. The monoisotopic (exact) mass is 346 g/mol. The minimum atomic E-state index is -0.420. The zero-order valence-electron chi connectivity index (χ0n) is 15.4. The first kappa shape index (κ1) is 18.0. The lowest BCUT2D eigenvalue weighted by Crippen LogP contribution is -2.56. The van der Waals surface area contributed by atoms with E-state index in [2.05, 4.69) is 24.1 Å². The first-order chi connectivity index (χ1) is 12.1. The molecule has 2 amide bonds. The Labute approximate surface area is 150 Å². The molecule has 1 unspecified atom stereocenters. The van der Waals surface area contributed by atoms with E-state index in [-0.39, 0.29) is 11.8 Å². The van der Waals surface area contributed by atoms with Crippen LogP contribution in [-0.2, 0) is 11.3 Å². The molecule has 2 aliphatic heterocycles. The number of piperidine rings is 1. The van der Waals surface area contributed by atoms with Crippen molar-refractivity contribution in [3.63, 3.8) is 0 Å². The molecule has 1 N–H and O–H groups in total. The Kier molecular flexibility index (Phi) is 5.78. The Morgan fingerprint density at radius 2 is 2.04 bits per heavy atom. The molecule has 3 rings (SSSR count). The van der Waals surface area contributed by atoms with Crippen molar-refractivity contribution < 1.29 is 9.59 Å². The van der Waals surface area contributed by atoms with Crippen LogP contribution in [0, 0.1) is 5.92 Å². The van der Waals surface area contributed by atoms with Crippen LogP contribution in [0.4, 0.5) is 0 Å². The summed E-state index contributed by atoms with van der Waals surface area (Å²) in [6.45, 7) is 9.10. The van der Waals surface area contributed by atoms with Crippen LogP contribution >= 0.6 is 0 Å². The van der Waals surface area contributed by atoms with Gasteiger partial charge in [0, 0.05) is 25.8 Å². The van der Waals surface area contributed by atoms with Crippen molar-refractivity contribution in [2.75, 3.05) is 32.7 Å². The molecule has 0 bridgehead atoms. The van der Waals surface area contributed by atoms with Crippen molar-refractivity contribution in [2.45, 2.75) is 45.7 Å². The molecule has 1 saturated heterocycles. The highest BCUT2D eigenvalue weighted by Crippen LogP contribution is 2.20. The molecular weight excluding hydrogens is 316 g/mol. The van der Waals surface area contributed by atoms with Crippen LogP contribution in [0.1, 0.15) is 43.6 Å². The standard InChI is InChI=1S/C19H30N4O2/c1-15(2)13-23-17(14-22-11-6-7-16(22)19(23)25)18(24)20-8-12-21-9-4-3-5-10-21/h6-7,11,15,17H,3-5,8-10,12-14H2,1-2H3,(H,20,24). The average molecular weight is 346 g/mol. The summed E-state index contributed by atoms with van der Waals surface area (Å²) in [4.78, 5) is 29.7. The molecule has 1 fully saturated rings. The predicted octanol–water partition coefficient (Wildman–Crippen LogP) is 1.57. The highest BCUT2D eigenvalue weighted by Gasteiger charge is 2.36. The summed E-state index contributed by atoms with van der Waals surface area (Å²) >= 11 is 0. The summed E-state index contributed by atoms with van der Waals surface area (Å²) in [7, 11) is 0. The van der Waals surface area contributed by atoms with Crippen molar-refractivity contribution in [3.05, 3.63) is 24.0 Å². The summed E-state index contributed by atoms with van der Waals surface area (Å²) < 4.78 is 1.90. The minimum absolute atomic E-state index is 0.0367. The largest absolute Gasteiger partial charge is 0.353 e. The maximum Gasteiger partial charge on any atom is 0.271 e. The first-order valence-electron chi connectivity index (χ1n) is 9.52. The van der Waals surface area contributed by atoms with Gasteiger partial charge in [-0.25, -0.2) is 0 Å². The van der Waals surface area contributed by atoms with Crippen molar-refractivity contribution in [3.8, 4) is 0 Å². The first-order valence-corrected chi connectivity index (χ1v) is 9.52. The molecule has 1 aromatic rings. The van der Waals surface area contributed by atoms with E-state index >= 15 is 0 Å². The van der Waals surface area contributed by atoms with Gasteiger partial charge >= 0.3 is 0 Å². The van der Waals surface area contributed by atoms with Gasteiger partial charge in [-0.15, -0.1) is 0 Å². The average Bonchev–Trinajstić information content (AvgIpc) is 3.06. The van der Waals surface area contributed by atoms with Crippen LogP contribution in [0.15, 0.2) is 18.3 Å². The molecule has 0 spiro atoms. The number of amides is 2. The van der Waals surface area contributed by atoms with Crippen molar-refractivity contribution >= 4 is 11.8 Å². The molecule has 0 radical (unpaired) electrons. The van der Waals surface area contributed by atoms with Gasteiger partial charge in [-0.2, -0.15) is 0 Å². The van der Waals surface area contributed by atoms with E-state index in [1.807, 2.05) is 22.9 Å². The van der Waals surface area contributed by atoms with Gasteiger partial charge in [0.25, 0.3) is 5.91 Å². The molecule has 2 aliphatic rings. The third kappa shape index (κ3) is 4.24. The third-order valence-electron chi connectivity index (χ3n) is 5.10. The Bertz CT molecular complexity index is 604. The van der Waals surface area contributed by atoms with E-state index in [1.54, 1.807) is 4.90 Å². The number of aromatic nitrogens is 1. The molecule has 6 nitrogen and oxygen atoms in total. The summed E-state index contributed by atoms with van der Waals surface area (Å²) in [5, 5.41) is 3.06. The Balaban J connectivity index is 1.61. The van der Waals surface area contributed by atoms with E-state index in [1.165, 1.54) is 19.3 Å². The topological polar surface area (TPSA) is 57.6 Å². The van der Waals surface area contributed by atoms with Gasteiger partial charge in [0.15, 0.2) is 0 Å². The fourth-order valence-electron chi connectivity index (χ4n) is 3.81. The van der Waals surface area contributed by atoms with Gasteiger partial charge in [0.05, 0.1) is 6.54 Å². The molecule has 0 saturated carbocycles. The van der Waals surface area contributed by atoms with Crippen LogP contribution < -0.4 is 5.32 Å². The van der Waals surface area contributed by atoms with E-state index in [0.717, 1.165) is 19.6 Å². The third-order valence-corrected chi connectivity index (χ3v) is 5.10. The van der Waals surface area contributed by atoms with E-state index in [0.29, 0.717) is 31.2 Å². The number of nitrogens with zero attached hydrogens (tertiary/aromatic N) is 3. The van der Waals surface area contributed by atoms with Gasteiger partial charge in [0.1, 0.15) is 11.7 Å². The molecule has 138 valence electrons. The Morgan fingerprint density at radius 1 is 1.28 bits per heavy atom. The Morgan fingerprint density at radius 3 is 2.76 bits per heavy atom. The van der Waals surface area contributed by atoms with Crippen LogP contribution in [0.3, 0.4) is 0 Å². The van der Waals surface area contributed by atoms with Gasteiger partial charge in [-0.1, -0.05) is 20.3 Å². The van der Waals surface area contributed by atoms with Gasteiger partial charge in [-0.05, 0) is 44.0 Å². The van der Waals surface area contributed by atoms with Gasteiger partial charge < -0.3 is 19.7 Å². The highest BCUT2D eigenvalue weighted by molar-refractivity contribution is 5.97. The lowest BCUT2D eigenvalue weighted by molar-refractivity contribution is -0.126. The number of rotatable bonds is 6. The second-order valence-corrected chi connectivity index (χ2v) is 7.61. The number of hydrogen-bond acceptors (Lipinski definition) is 3. The molecule has 1 atom stereocenters. The maximum atomic E-state index is 12.8. The second-order valence-electron chi connectivity index (χ2n) is 7.61. The number of fused-ring (bicyclic) bond motifs is 1. The van der Waals surface area contributed by atoms with Crippen LogP contribution in [0.2, 0.25) is 0 Å². The van der Waals surface area contributed by atoms with E-state index in [4.69, 9.17) is 0 Å². The van der Waals surface area contributed by atoms with Gasteiger partial charge in [0.2, 0.25) is 5.91 Å². The summed E-state index contributed by atoms with van der Waals surface area (Å²) in [5.41, 5.74) is 0.679. The lowest BCUT2D eigenvalue weighted by Gasteiger charge is -2.37. The van der Waals surface area contributed by atoms with Gasteiger partial charge in [-0.3, -0.25) is 9.59 Å². The van der Waals surface area contributed by atoms with Crippen molar-refractivity contribution in [2.24, 2.45) is 5.92 Å². The predicted molar refractivity (Wildman–Crippen MR) is 97.4 cm³/mol. The number of carbonyl (C=O) groups excluding carboxylic acids is 2. The van der Waals surface area contributed by atoms with E-state index < -0.39 is 6.04 Å². The Hall–Kier alpha value is -1.82. The van der Waals surface area contributed by atoms with Crippen molar-refractivity contribution in [1.29, 1.82) is 0 Å². The van der Waals surface area contributed by atoms with E-state index in [9.17, 15) is 9.59 Å². The number of likely N-dealkylation sites (tertiary alicyclic amines) is 1. The van der Waals surface area contributed by atoms with Crippen molar-refractivity contribution in [1.82, 2.24) is 19.7 Å². The quantitative estimate of drug-likeness (QED) is 0.851. The number of carbonyl (C=O) groups is 2. The molecule has 1 aromatic heterocycles. The smallest absolute Gasteiger partial charge is 0.271 e. The molecule has 6 heteroatoms. The second kappa shape index (κ2) is 8.04. The molecule has 25 heavy (non-hydrogen) atoms. The van der Waals surface area contributed by atoms with Crippen LogP contribution in [0.25, 0.3) is 0 Å². The fourth-order valence-corrected chi connectivity index (χ4v) is 3.81. The molecule has 0 aliphatic carbocycles. The lowest BCUT2D eigenvalue weighted by atomic mass is 10.1. The zero-order valence-corrected chi connectivity index (χ0v) is 15.4. The summed E-state index contributed by atoms with van der Waals surface area (Å²) in [6, 6.07) is 3.29. The molecule has 3 heterocycles. The fraction of sp³-hybridized carbons (Fsp3) is 0.684. The summed E-state index contributed by atoms with van der Waals surface area (Å²) in [6.07, 6.45) is 5.71. The number of hydrogen-bond donors (Lipinski definition) is 1. The molecule has 0 aromatic carbocycles. The maximum absolute atomic E-state index is 12.8.